The van der Waals surface area contributed by atoms with Crippen molar-refractivity contribution in [1.82, 2.24) is 73.9 Å². The Morgan fingerprint density at radius 1 is 0.402 bits per heavy atom. The molecule has 0 spiro atoms. The smallest absolute Gasteiger partial charge is 0.415 e. The minimum Gasteiger partial charge on any atom is -0.441 e. The number of hydrogen-bond acceptors (Lipinski definition) is 21. The van der Waals surface area contributed by atoms with Crippen molar-refractivity contribution in [2.75, 3.05) is 78.8 Å². The molecule has 5 aliphatic rings. The summed E-state index contributed by atoms with van der Waals surface area (Å²) in [4.78, 5) is 75.2. The van der Waals surface area contributed by atoms with Gasteiger partial charge in [0, 0.05) is 148 Å². The number of carbonyl (C=O) groups excluding carboxylic acids is 4. The maximum Gasteiger partial charge on any atom is 0.415 e. The standard InChI is InChI=1S/C22H22F3N5O2.C21H19F6N5O2.C20H19F4N5O2.C20H19F3N4O3/c23-22(24,25)20-12-29(5-6-32-20)10-13-1-4-16-17(8-19(21(26)31)28-18(16)7-13)14-9-27-30(11-14)15-2-3-15;22-20(23,24)11-32-9-13(7-29-32)15-6-17(19(28)33)30-16-5-12(1-2-14(15)16)8-31-3-4-34-18(10-31)21(25,26)27;21-11-29-9-13(7-26-29)15-6-17(19(25)30)27-16-5-12(1-2-14(15)16)8-28-3-4-31-18(10-28)20(22,23)24;1-11-25-8-17(30-11)14-7-16(19(24)28)26-15-6-12(2-3-13(14)15)9-27-4-5-29-18(10-27)20(21,22)23/h1,4,7-9,11,15,20H,2-3,5-6,10,12H2,(H2,26,31);1-2,5-7,9,18H,3-4,8,10-11H2,(H2,28,33);1-2,5-7,9,18H,3-4,8,10-11H2,(H2,25,30);2-3,6-8,18H,4-5,9-10H2,1H3,(H2,24,28). The van der Waals surface area contributed by atoms with Crippen molar-refractivity contribution in [2.24, 2.45) is 22.9 Å². The van der Waals surface area contributed by atoms with Gasteiger partial charge in [0.15, 0.2) is 42.9 Å². The molecular formula is C83H79F16N19O9. The Bertz CT molecular complexity index is 6030. The maximum atomic E-state index is 13.0. The molecule has 0 radical (unpaired) electrons. The highest BCUT2D eigenvalue weighted by Gasteiger charge is 2.47. The van der Waals surface area contributed by atoms with Crippen LogP contribution in [0, 0.1) is 6.92 Å². The third-order valence-electron chi connectivity index (χ3n) is 21.3. The highest BCUT2D eigenvalue weighted by atomic mass is 19.4. The minimum atomic E-state index is -4.47. The van der Waals surface area contributed by atoms with Crippen LogP contribution in [0.15, 0.2) is 145 Å². The van der Waals surface area contributed by atoms with E-state index in [0.29, 0.717) is 123 Å². The Morgan fingerprint density at radius 2 is 0.709 bits per heavy atom. The number of alkyl halides is 16. The van der Waals surface area contributed by atoms with Gasteiger partial charge in [0.1, 0.15) is 29.3 Å². The number of oxazole rings is 1. The summed E-state index contributed by atoms with van der Waals surface area (Å²) < 4.78 is 236. The third kappa shape index (κ3) is 22.8. The summed E-state index contributed by atoms with van der Waals surface area (Å²) in [5.74, 6) is -1.96. The van der Waals surface area contributed by atoms with Crippen molar-refractivity contribution in [2.45, 2.75) is 121 Å². The Hall–Kier alpha value is -12.2. The summed E-state index contributed by atoms with van der Waals surface area (Å²) in [5.41, 5.74) is 30.8. The van der Waals surface area contributed by atoms with E-state index in [1.54, 1.807) is 106 Å². The molecule has 28 nitrogen and oxygen atoms in total. The van der Waals surface area contributed by atoms with E-state index >= 15 is 0 Å². The van der Waals surface area contributed by atoms with Crippen LogP contribution in [0.5, 0.6) is 0 Å². The predicted molar refractivity (Wildman–Crippen MR) is 425 cm³/mol. The molecular weight excluding hydrogens is 1710 g/mol. The molecule has 8 aromatic heterocycles. The topological polar surface area (TPSA) is 353 Å². The number of aryl methyl sites for hydroxylation is 1. The van der Waals surface area contributed by atoms with Crippen molar-refractivity contribution < 1.29 is 113 Å². The summed E-state index contributed by atoms with van der Waals surface area (Å²) in [6.07, 6.45) is -16.5. The molecule has 12 aromatic rings. The fourth-order valence-electron chi connectivity index (χ4n) is 15.0. The molecule has 1 saturated carbocycles. The Balaban J connectivity index is 0.000000137. The van der Waals surface area contributed by atoms with E-state index in [1.807, 2.05) is 29.1 Å². The Morgan fingerprint density at radius 3 is 1.00 bits per heavy atom. The zero-order valence-electron chi connectivity index (χ0n) is 67.0. The predicted octanol–water partition coefficient (Wildman–Crippen LogP) is 12.8. The Labute approximate surface area is 709 Å². The van der Waals surface area contributed by atoms with E-state index < -0.39 is 92.3 Å². The van der Waals surface area contributed by atoms with Crippen LogP contribution in [-0.2, 0) is 58.5 Å². The number of fused-ring (bicyclic) bond motifs is 4. The van der Waals surface area contributed by atoms with Gasteiger partial charge in [-0.3, -0.25) is 48.1 Å². The molecule has 0 bridgehead atoms. The van der Waals surface area contributed by atoms with E-state index in [0.717, 1.165) is 60.8 Å². The number of hydrogen-bond donors (Lipinski definition) is 4. The van der Waals surface area contributed by atoms with E-state index in [2.05, 4.69) is 40.2 Å². The van der Waals surface area contributed by atoms with E-state index in [4.69, 9.17) is 46.3 Å². The van der Waals surface area contributed by atoms with E-state index in [9.17, 15) is 89.4 Å². The van der Waals surface area contributed by atoms with Gasteiger partial charge in [-0.05, 0) is 100 Å². The summed E-state index contributed by atoms with van der Waals surface area (Å²) in [5, 5.41) is 14.8. The van der Waals surface area contributed by atoms with Gasteiger partial charge in [0.2, 0.25) is 0 Å². The fraction of sp³-hybridized carbons (Fsp3) is 0.373. The number of amides is 4. The van der Waals surface area contributed by atoms with Crippen LogP contribution in [0.25, 0.3) is 88.3 Å². The highest BCUT2D eigenvalue weighted by Crippen LogP contribution is 2.40. The van der Waals surface area contributed by atoms with E-state index in [-0.39, 0.29) is 88.5 Å². The molecule has 127 heavy (non-hydrogen) atoms. The Kier molecular flexibility index (Phi) is 26.8. The van der Waals surface area contributed by atoms with E-state index in [1.165, 1.54) is 36.9 Å². The molecule has 4 unspecified atom stereocenters. The number of nitrogens with zero attached hydrogens (tertiary/aromatic N) is 15. The number of ether oxygens (including phenoxy) is 4. The summed E-state index contributed by atoms with van der Waals surface area (Å²) in [7, 11) is 0. The van der Waals surface area contributed by atoms with Gasteiger partial charge < -0.3 is 46.3 Å². The van der Waals surface area contributed by atoms with Crippen molar-refractivity contribution in [3.8, 4) is 44.7 Å². The number of primary amides is 4. The normalized spacial score (nSPS) is 18.5. The lowest BCUT2D eigenvalue weighted by molar-refractivity contribution is -0.238. The number of aromatic nitrogens is 11. The first-order chi connectivity index (χ1) is 60.1. The minimum absolute atomic E-state index is 0.00938. The molecule has 44 heteroatoms. The van der Waals surface area contributed by atoms with Gasteiger partial charge in [-0.15, -0.1) is 0 Å². The number of nitrogens with two attached hydrogens (primary N) is 4. The zero-order chi connectivity index (χ0) is 90.8. The van der Waals surface area contributed by atoms with Crippen molar-refractivity contribution in [3.05, 3.63) is 191 Å². The first-order valence-electron chi connectivity index (χ1n) is 39.3. The number of carbonyl (C=O) groups is 4. The van der Waals surface area contributed by atoms with Gasteiger partial charge in [0.25, 0.3) is 23.6 Å². The largest absolute Gasteiger partial charge is 0.441 e. The van der Waals surface area contributed by atoms with Crippen LogP contribution in [0.1, 0.15) is 89.0 Å². The molecule has 4 saturated heterocycles. The molecule has 17 rings (SSSR count). The number of halogens is 16. The average molecular weight is 1790 g/mol. The number of morpholine rings is 4. The van der Waals surface area contributed by atoms with Gasteiger partial charge in [0.05, 0.1) is 79.3 Å². The van der Waals surface area contributed by atoms with Crippen LogP contribution in [-0.4, -0.2) is 232 Å². The second kappa shape index (κ2) is 37.4. The van der Waals surface area contributed by atoms with Crippen molar-refractivity contribution >= 4 is 67.2 Å². The SMILES string of the molecule is Cc1ncc(-c2cc(C(N)=O)nc3cc(CN4CCOC(C(F)(F)F)C4)ccc23)o1.NC(=O)c1cc(-c2cnn(C3CC3)c2)c2ccc(CN3CCOC(C(F)(F)F)C3)cc2n1.NC(=O)c1cc(-c2cnn(CC(F)(F)F)c2)c2ccc(CN3CCOC(C(F)(F)F)C3)cc2n1.NC(=O)c1cc(-c2cnn(CF)c2)c2ccc(CN3CCOC(C(F)(F)F)C3)cc2n1. The van der Waals surface area contributed by atoms with Gasteiger partial charge in [-0.1, -0.05) is 48.5 Å². The third-order valence-corrected chi connectivity index (χ3v) is 21.3. The van der Waals surface area contributed by atoms with Crippen molar-refractivity contribution in [3.63, 3.8) is 0 Å². The second-order valence-corrected chi connectivity index (χ2v) is 30.7. The molecule has 12 heterocycles. The zero-order valence-corrected chi connectivity index (χ0v) is 67.0. The van der Waals surface area contributed by atoms with Gasteiger partial charge in [-0.2, -0.15) is 81.2 Å². The number of benzene rings is 4. The van der Waals surface area contributed by atoms with Gasteiger partial charge in [-0.25, -0.2) is 34.0 Å². The number of pyridine rings is 4. The summed E-state index contributed by atoms with van der Waals surface area (Å²) in [6.45, 7) is 1.11. The molecule has 8 N–H and O–H groups in total. The van der Waals surface area contributed by atoms with Crippen LogP contribution in [0.4, 0.5) is 70.2 Å². The quantitative estimate of drug-likeness (QED) is 0.0546. The lowest BCUT2D eigenvalue weighted by Crippen LogP contribution is -2.48. The lowest BCUT2D eigenvalue weighted by Gasteiger charge is -2.33. The highest BCUT2D eigenvalue weighted by molar-refractivity contribution is 6.04. The molecule has 4 aliphatic heterocycles. The molecule has 672 valence electrons. The van der Waals surface area contributed by atoms with Gasteiger partial charge >= 0.3 is 30.9 Å². The number of rotatable bonds is 19. The first kappa shape index (κ1) is 91.0. The van der Waals surface area contributed by atoms with Crippen LogP contribution in [0.2, 0.25) is 0 Å². The molecule has 4 atom stereocenters. The molecule has 5 fully saturated rings. The van der Waals surface area contributed by atoms with Crippen LogP contribution >= 0.6 is 0 Å². The molecule has 4 aromatic carbocycles. The van der Waals surface area contributed by atoms with Crippen molar-refractivity contribution in [1.29, 1.82) is 0 Å². The average Bonchev–Trinajstić information content (AvgIpc) is 1.74. The molecule has 4 amide bonds. The van der Waals surface area contributed by atoms with Crippen LogP contribution < -0.4 is 22.9 Å². The summed E-state index contributed by atoms with van der Waals surface area (Å²) in [6, 6.07) is 27.7. The van der Waals surface area contributed by atoms with Crippen LogP contribution in [0.3, 0.4) is 0 Å². The lowest BCUT2D eigenvalue weighted by atomic mass is 10.0. The first-order valence-corrected chi connectivity index (χ1v) is 39.3. The fourth-order valence-corrected chi connectivity index (χ4v) is 15.0. The second-order valence-electron chi connectivity index (χ2n) is 30.7. The monoisotopic (exact) mass is 1790 g/mol. The molecule has 1 aliphatic carbocycles. The summed E-state index contributed by atoms with van der Waals surface area (Å²) >= 11 is 0. The maximum absolute atomic E-state index is 13.0.